The van der Waals surface area contributed by atoms with Crippen molar-refractivity contribution in [3.8, 4) is 0 Å². The van der Waals surface area contributed by atoms with Crippen LogP contribution in [0.25, 0.3) is 0 Å². The second-order valence-corrected chi connectivity index (χ2v) is 8.65. The minimum Gasteiger partial charge on any atom is -0.452 e. The van der Waals surface area contributed by atoms with Gasteiger partial charge in [0.05, 0.1) is 16.9 Å². The summed E-state index contributed by atoms with van der Waals surface area (Å²) in [4.78, 5) is 54.8. The van der Waals surface area contributed by atoms with Crippen LogP contribution in [0.4, 0.5) is 15.8 Å². The Morgan fingerprint density at radius 1 is 1.18 bits per heavy atom. The molecule has 0 bridgehead atoms. The van der Waals surface area contributed by atoms with E-state index in [-0.39, 0.29) is 41.4 Å². The molecule has 8 nitrogen and oxygen atoms in total. The quantitative estimate of drug-likeness (QED) is 0.676. The van der Waals surface area contributed by atoms with Crippen LogP contribution in [0.15, 0.2) is 42.5 Å². The van der Waals surface area contributed by atoms with Crippen molar-refractivity contribution in [2.75, 3.05) is 16.8 Å². The predicted molar refractivity (Wildman–Crippen MR) is 116 cm³/mol. The summed E-state index contributed by atoms with van der Waals surface area (Å²) < 4.78 is 19.2. The van der Waals surface area contributed by atoms with Gasteiger partial charge in [-0.15, -0.1) is 0 Å². The number of ether oxygens (including phenoxy) is 1. The molecular weight excluding hydrogens is 453 g/mol. The molecule has 3 amide bonds. The molecule has 1 unspecified atom stereocenters. The van der Waals surface area contributed by atoms with Crippen molar-refractivity contribution in [2.24, 2.45) is 0 Å². The fraction of sp³-hybridized carbons (Fsp3) is 0.304. The number of hydrogen-bond acceptors (Lipinski definition) is 5. The third-order valence-electron chi connectivity index (χ3n) is 6.08. The van der Waals surface area contributed by atoms with Crippen molar-refractivity contribution in [3.05, 3.63) is 58.9 Å². The molecule has 33 heavy (non-hydrogen) atoms. The normalized spacial score (nSPS) is 21.5. The summed E-state index contributed by atoms with van der Waals surface area (Å²) in [6.45, 7) is -0.719. The van der Waals surface area contributed by atoms with Gasteiger partial charge in [-0.2, -0.15) is 0 Å². The van der Waals surface area contributed by atoms with Crippen LogP contribution < -0.4 is 10.2 Å². The second-order valence-electron chi connectivity index (χ2n) is 8.22. The SMILES string of the molecule is O=C(COC(=O)C12CCC(=O)N1c1ccccc1C(=O)N2C1CC1)Nc1cc(Cl)ccc1F. The van der Waals surface area contributed by atoms with Crippen LogP contribution in [-0.4, -0.2) is 46.9 Å². The number of rotatable bonds is 5. The molecular formula is C23H19ClFN3O5. The van der Waals surface area contributed by atoms with Gasteiger partial charge in [0.2, 0.25) is 11.6 Å². The number of esters is 1. The smallest absolute Gasteiger partial charge is 0.354 e. The molecule has 2 heterocycles. The maximum absolute atomic E-state index is 13.9. The standard InChI is InChI=1S/C23H19ClFN3O5/c24-13-5-8-16(25)17(11-13)26-19(29)12-33-22(32)23-10-9-20(30)28(23)18-4-2-1-3-15(18)21(31)27(23)14-6-7-14/h1-5,8,11,14H,6-7,9-10,12H2,(H,26,29). The molecule has 1 saturated heterocycles. The average molecular weight is 472 g/mol. The van der Waals surface area contributed by atoms with Crippen molar-refractivity contribution >= 4 is 46.7 Å². The van der Waals surface area contributed by atoms with Crippen LogP contribution in [-0.2, 0) is 19.1 Å². The number of benzene rings is 2. The van der Waals surface area contributed by atoms with Gasteiger partial charge in [0.15, 0.2) is 6.61 Å². The van der Waals surface area contributed by atoms with Crippen LogP contribution in [0.2, 0.25) is 5.02 Å². The summed E-state index contributed by atoms with van der Waals surface area (Å²) in [5.41, 5.74) is -1.10. The minimum atomic E-state index is -1.65. The van der Waals surface area contributed by atoms with E-state index < -0.39 is 30.0 Å². The maximum atomic E-state index is 13.9. The van der Waals surface area contributed by atoms with Crippen LogP contribution in [0.3, 0.4) is 0 Å². The highest BCUT2D eigenvalue weighted by atomic mass is 35.5. The predicted octanol–water partition coefficient (Wildman–Crippen LogP) is 3.10. The number of fused-ring (bicyclic) bond motifs is 3. The molecule has 3 aliphatic rings. The molecule has 10 heteroatoms. The Labute approximate surface area is 193 Å². The lowest BCUT2D eigenvalue weighted by molar-refractivity contribution is -0.159. The number of halogens is 2. The summed E-state index contributed by atoms with van der Waals surface area (Å²) in [6.07, 6.45) is 1.53. The van der Waals surface area contributed by atoms with E-state index >= 15 is 0 Å². The van der Waals surface area contributed by atoms with E-state index in [0.717, 1.165) is 6.07 Å². The van der Waals surface area contributed by atoms with Gasteiger partial charge in [0.1, 0.15) is 5.82 Å². The lowest BCUT2D eigenvalue weighted by atomic mass is 9.96. The van der Waals surface area contributed by atoms with E-state index in [9.17, 15) is 23.6 Å². The molecule has 0 spiro atoms. The van der Waals surface area contributed by atoms with E-state index in [0.29, 0.717) is 24.1 Å². The number of anilines is 2. The van der Waals surface area contributed by atoms with Crippen molar-refractivity contribution in [1.29, 1.82) is 0 Å². The van der Waals surface area contributed by atoms with Gasteiger partial charge in [-0.3, -0.25) is 19.3 Å². The first kappa shape index (κ1) is 21.4. The number of amides is 3. The molecule has 0 aromatic heterocycles. The summed E-state index contributed by atoms with van der Waals surface area (Å²) >= 11 is 5.83. The molecule has 0 radical (unpaired) electrons. The number of nitrogens with one attached hydrogen (secondary N) is 1. The third kappa shape index (κ3) is 3.43. The first-order chi connectivity index (χ1) is 15.8. The third-order valence-corrected chi connectivity index (χ3v) is 6.31. The maximum Gasteiger partial charge on any atom is 0.354 e. The van der Waals surface area contributed by atoms with Gasteiger partial charge in [-0.05, 0) is 43.2 Å². The van der Waals surface area contributed by atoms with Gasteiger partial charge in [0.25, 0.3) is 11.8 Å². The van der Waals surface area contributed by atoms with Crippen LogP contribution in [0, 0.1) is 5.82 Å². The number of hydrogen-bond donors (Lipinski definition) is 1. The molecule has 1 aliphatic carbocycles. The molecule has 5 rings (SSSR count). The number of carbonyl (C=O) groups excluding carboxylic acids is 4. The van der Waals surface area contributed by atoms with Crippen molar-refractivity contribution in [3.63, 3.8) is 0 Å². The Morgan fingerprint density at radius 2 is 1.94 bits per heavy atom. The Balaban J connectivity index is 1.42. The summed E-state index contributed by atoms with van der Waals surface area (Å²) in [5, 5.41) is 2.53. The van der Waals surface area contributed by atoms with Gasteiger partial charge in [-0.25, -0.2) is 9.18 Å². The summed E-state index contributed by atoms with van der Waals surface area (Å²) in [5.74, 6) is -2.99. The fourth-order valence-corrected chi connectivity index (χ4v) is 4.71. The largest absolute Gasteiger partial charge is 0.452 e. The summed E-state index contributed by atoms with van der Waals surface area (Å²) in [6, 6.07) is 10.1. The zero-order chi connectivity index (χ0) is 23.3. The van der Waals surface area contributed by atoms with Gasteiger partial charge >= 0.3 is 5.97 Å². The highest BCUT2D eigenvalue weighted by Crippen LogP contribution is 2.49. The van der Waals surface area contributed by atoms with Crippen LogP contribution in [0.1, 0.15) is 36.0 Å². The zero-order valence-electron chi connectivity index (χ0n) is 17.3. The number of nitrogens with zero attached hydrogens (tertiary/aromatic N) is 2. The van der Waals surface area contributed by atoms with E-state index in [1.807, 2.05) is 0 Å². The highest BCUT2D eigenvalue weighted by Gasteiger charge is 2.64. The molecule has 2 aromatic rings. The monoisotopic (exact) mass is 471 g/mol. The Morgan fingerprint density at radius 3 is 2.70 bits per heavy atom. The molecule has 2 aliphatic heterocycles. The van der Waals surface area contributed by atoms with Crippen molar-refractivity contribution in [2.45, 2.75) is 37.4 Å². The Hall–Kier alpha value is -3.46. The molecule has 2 fully saturated rings. The average Bonchev–Trinajstić information content (AvgIpc) is 3.57. The summed E-state index contributed by atoms with van der Waals surface area (Å²) in [7, 11) is 0. The first-order valence-corrected chi connectivity index (χ1v) is 10.9. The fourth-order valence-electron chi connectivity index (χ4n) is 4.54. The van der Waals surface area contributed by atoms with Gasteiger partial charge in [-0.1, -0.05) is 23.7 Å². The molecule has 1 N–H and O–H groups in total. The van der Waals surface area contributed by atoms with Crippen molar-refractivity contribution in [1.82, 2.24) is 4.90 Å². The lowest BCUT2D eigenvalue weighted by Gasteiger charge is -2.48. The van der Waals surface area contributed by atoms with E-state index in [1.165, 1.54) is 21.9 Å². The van der Waals surface area contributed by atoms with Crippen molar-refractivity contribution < 1.29 is 28.3 Å². The van der Waals surface area contributed by atoms with Crippen LogP contribution >= 0.6 is 11.6 Å². The topological polar surface area (TPSA) is 96.0 Å². The lowest BCUT2D eigenvalue weighted by Crippen LogP contribution is -2.69. The minimum absolute atomic E-state index is 0.0554. The highest BCUT2D eigenvalue weighted by molar-refractivity contribution is 6.30. The second kappa shape index (κ2) is 7.84. The van der Waals surface area contributed by atoms with E-state index in [4.69, 9.17) is 16.3 Å². The molecule has 1 saturated carbocycles. The number of para-hydroxylation sites is 1. The Bertz CT molecular complexity index is 1200. The molecule has 170 valence electrons. The van der Waals surface area contributed by atoms with Crippen LogP contribution in [0.5, 0.6) is 0 Å². The molecule has 2 aromatic carbocycles. The molecule has 1 atom stereocenters. The van der Waals surface area contributed by atoms with Gasteiger partial charge < -0.3 is 15.0 Å². The van der Waals surface area contributed by atoms with E-state index in [1.54, 1.807) is 24.3 Å². The number of carbonyl (C=O) groups is 4. The zero-order valence-corrected chi connectivity index (χ0v) is 18.1. The van der Waals surface area contributed by atoms with E-state index in [2.05, 4.69) is 5.32 Å². The first-order valence-electron chi connectivity index (χ1n) is 10.5. The van der Waals surface area contributed by atoms with Gasteiger partial charge in [0, 0.05) is 23.9 Å². The Kier molecular flexibility index (Phi) is 5.08.